The van der Waals surface area contributed by atoms with Gasteiger partial charge in [-0.25, -0.2) is 0 Å². The molecule has 1 rings (SSSR count). The molecule has 0 N–H and O–H groups in total. The molecule has 1 fully saturated rings. The summed E-state index contributed by atoms with van der Waals surface area (Å²) >= 11 is 0. The van der Waals surface area contributed by atoms with Crippen molar-refractivity contribution in [2.75, 3.05) is 20.2 Å². The van der Waals surface area contributed by atoms with Crippen LogP contribution in [0.25, 0.3) is 0 Å². The first kappa shape index (κ1) is 11.0. The van der Waals surface area contributed by atoms with Crippen LogP contribution >= 0.6 is 0 Å². The van der Waals surface area contributed by atoms with Gasteiger partial charge in [-0.15, -0.1) is 0 Å². The SMILES string of the molecule is COC1CN(C(C)(C)C)CCC1C. The van der Waals surface area contributed by atoms with E-state index in [4.69, 9.17) is 4.74 Å². The van der Waals surface area contributed by atoms with Crippen LogP contribution in [0.15, 0.2) is 0 Å². The number of hydrogen-bond donors (Lipinski definition) is 0. The zero-order chi connectivity index (χ0) is 10.1. The Morgan fingerprint density at radius 2 is 1.92 bits per heavy atom. The Morgan fingerprint density at radius 3 is 2.38 bits per heavy atom. The van der Waals surface area contributed by atoms with Crippen LogP contribution in [0.5, 0.6) is 0 Å². The second kappa shape index (κ2) is 3.97. The highest BCUT2D eigenvalue weighted by atomic mass is 16.5. The molecule has 2 nitrogen and oxygen atoms in total. The second-order valence-corrected chi connectivity index (χ2v) is 5.16. The van der Waals surface area contributed by atoms with Gasteiger partial charge in [0, 0.05) is 19.2 Å². The predicted octanol–water partition coefficient (Wildman–Crippen LogP) is 2.14. The zero-order valence-electron chi connectivity index (χ0n) is 9.63. The maximum absolute atomic E-state index is 5.49. The van der Waals surface area contributed by atoms with Crippen LogP contribution in [0.1, 0.15) is 34.1 Å². The van der Waals surface area contributed by atoms with Crippen molar-refractivity contribution in [3.05, 3.63) is 0 Å². The van der Waals surface area contributed by atoms with Gasteiger partial charge in [0.1, 0.15) is 0 Å². The van der Waals surface area contributed by atoms with E-state index in [-0.39, 0.29) is 5.54 Å². The largest absolute Gasteiger partial charge is 0.380 e. The first-order valence-corrected chi connectivity index (χ1v) is 5.23. The van der Waals surface area contributed by atoms with E-state index in [1.54, 1.807) is 0 Å². The quantitative estimate of drug-likeness (QED) is 0.620. The molecule has 0 bridgehead atoms. The third-order valence-corrected chi connectivity index (χ3v) is 3.14. The van der Waals surface area contributed by atoms with Crippen molar-refractivity contribution in [2.45, 2.75) is 45.8 Å². The van der Waals surface area contributed by atoms with E-state index in [1.165, 1.54) is 13.0 Å². The van der Waals surface area contributed by atoms with Gasteiger partial charge in [0.2, 0.25) is 0 Å². The second-order valence-electron chi connectivity index (χ2n) is 5.16. The molecule has 1 aliphatic rings. The monoisotopic (exact) mass is 185 g/mol. The standard InChI is InChI=1S/C11H23NO/c1-9-6-7-12(11(2,3)4)8-10(9)13-5/h9-10H,6-8H2,1-5H3. The van der Waals surface area contributed by atoms with Crippen LogP contribution < -0.4 is 0 Å². The Balaban J connectivity index is 2.55. The summed E-state index contributed by atoms with van der Waals surface area (Å²) < 4.78 is 5.49. The maximum Gasteiger partial charge on any atom is 0.0724 e. The smallest absolute Gasteiger partial charge is 0.0724 e. The third kappa shape index (κ3) is 2.68. The maximum atomic E-state index is 5.49. The molecule has 0 aromatic carbocycles. The Hall–Kier alpha value is -0.0800. The van der Waals surface area contributed by atoms with Crippen LogP contribution in [0.2, 0.25) is 0 Å². The van der Waals surface area contributed by atoms with Crippen molar-refractivity contribution in [1.82, 2.24) is 4.90 Å². The van der Waals surface area contributed by atoms with E-state index >= 15 is 0 Å². The Bertz CT molecular complexity index is 162. The van der Waals surface area contributed by atoms with Crippen molar-refractivity contribution in [1.29, 1.82) is 0 Å². The number of nitrogens with zero attached hydrogens (tertiary/aromatic N) is 1. The summed E-state index contributed by atoms with van der Waals surface area (Å²) in [5.74, 6) is 0.712. The molecule has 2 heteroatoms. The normalized spacial score (nSPS) is 32.1. The minimum Gasteiger partial charge on any atom is -0.380 e. The number of piperidine rings is 1. The number of hydrogen-bond acceptors (Lipinski definition) is 2. The summed E-state index contributed by atoms with van der Waals surface area (Å²) in [5.41, 5.74) is 0.289. The highest BCUT2D eigenvalue weighted by molar-refractivity contribution is 4.85. The topological polar surface area (TPSA) is 12.5 Å². The highest BCUT2D eigenvalue weighted by Crippen LogP contribution is 2.24. The Labute approximate surface area is 82.3 Å². The summed E-state index contributed by atoms with van der Waals surface area (Å²) in [6.45, 7) is 11.4. The first-order chi connectivity index (χ1) is 5.95. The molecule has 1 aliphatic heterocycles. The molecule has 0 radical (unpaired) electrons. The van der Waals surface area contributed by atoms with E-state index in [0.717, 1.165) is 6.54 Å². The molecular formula is C11H23NO. The van der Waals surface area contributed by atoms with Gasteiger partial charge in [0.05, 0.1) is 6.10 Å². The minimum absolute atomic E-state index is 0.289. The molecule has 0 aromatic heterocycles. The third-order valence-electron chi connectivity index (χ3n) is 3.14. The molecular weight excluding hydrogens is 162 g/mol. The van der Waals surface area contributed by atoms with Gasteiger partial charge in [-0.1, -0.05) is 6.92 Å². The number of ether oxygens (including phenoxy) is 1. The van der Waals surface area contributed by atoms with Crippen LogP contribution in [-0.2, 0) is 4.74 Å². The first-order valence-electron chi connectivity index (χ1n) is 5.23. The fourth-order valence-electron chi connectivity index (χ4n) is 1.95. The molecule has 0 spiro atoms. The van der Waals surface area contributed by atoms with Crippen molar-refractivity contribution < 1.29 is 4.74 Å². The summed E-state index contributed by atoms with van der Waals surface area (Å²) in [6, 6.07) is 0. The van der Waals surface area contributed by atoms with Crippen molar-refractivity contribution in [3.63, 3.8) is 0 Å². The average molecular weight is 185 g/mol. The van der Waals surface area contributed by atoms with Crippen LogP contribution in [0.4, 0.5) is 0 Å². The predicted molar refractivity (Wildman–Crippen MR) is 55.9 cm³/mol. The Morgan fingerprint density at radius 1 is 1.31 bits per heavy atom. The van der Waals surface area contributed by atoms with E-state index in [2.05, 4.69) is 32.6 Å². The molecule has 0 saturated carbocycles. The van der Waals surface area contributed by atoms with Gasteiger partial charge in [-0.3, -0.25) is 4.90 Å². The van der Waals surface area contributed by atoms with Crippen LogP contribution in [0, 0.1) is 5.92 Å². The number of rotatable bonds is 1. The highest BCUT2D eigenvalue weighted by Gasteiger charge is 2.31. The molecule has 13 heavy (non-hydrogen) atoms. The lowest BCUT2D eigenvalue weighted by Gasteiger charge is -2.43. The van der Waals surface area contributed by atoms with Gasteiger partial charge in [-0.2, -0.15) is 0 Å². The van der Waals surface area contributed by atoms with Gasteiger partial charge in [-0.05, 0) is 39.7 Å². The fourth-order valence-corrected chi connectivity index (χ4v) is 1.95. The van der Waals surface area contributed by atoms with E-state index in [0.29, 0.717) is 12.0 Å². The number of likely N-dealkylation sites (tertiary alicyclic amines) is 1. The van der Waals surface area contributed by atoms with Gasteiger partial charge in [0.25, 0.3) is 0 Å². The van der Waals surface area contributed by atoms with E-state index < -0.39 is 0 Å². The summed E-state index contributed by atoms with van der Waals surface area (Å²) in [4.78, 5) is 2.52. The lowest BCUT2D eigenvalue weighted by molar-refractivity contribution is -0.0334. The Kier molecular flexibility index (Phi) is 3.36. The van der Waals surface area contributed by atoms with E-state index in [1.807, 2.05) is 7.11 Å². The van der Waals surface area contributed by atoms with Gasteiger partial charge >= 0.3 is 0 Å². The zero-order valence-corrected chi connectivity index (χ0v) is 9.63. The van der Waals surface area contributed by atoms with Gasteiger partial charge in [0.15, 0.2) is 0 Å². The molecule has 1 heterocycles. The minimum atomic E-state index is 0.289. The molecule has 2 atom stereocenters. The molecule has 2 unspecified atom stereocenters. The van der Waals surface area contributed by atoms with E-state index in [9.17, 15) is 0 Å². The molecule has 0 aliphatic carbocycles. The molecule has 0 amide bonds. The van der Waals surface area contributed by atoms with Crippen molar-refractivity contribution in [3.8, 4) is 0 Å². The lowest BCUT2D eigenvalue weighted by atomic mass is 9.92. The summed E-state index contributed by atoms with van der Waals surface area (Å²) in [5, 5.41) is 0. The molecule has 78 valence electrons. The van der Waals surface area contributed by atoms with Crippen molar-refractivity contribution in [2.24, 2.45) is 5.92 Å². The molecule has 0 aromatic rings. The summed E-state index contributed by atoms with van der Waals surface area (Å²) in [6.07, 6.45) is 1.68. The molecule has 1 saturated heterocycles. The fraction of sp³-hybridized carbons (Fsp3) is 1.00. The number of methoxy groups -OCH3 is 1. The van der Waals surface area contributed by atoms with Crippen LogP contribution in [-0.4, -0.2) is 36.7 Å². The van der Waals surface area contributed by atoms with Crippen LogP contribution in [0.3, 0.4) is 0 Å². The lowest BCUT2D eigenvalue weighted by Crippen LogP contribution is -2.51. The average Bonchev–Trinajstić information content (AvgIpc) is 2.03. The van der Waals surface area contributed by atoms with Gasteiger partial charge < -0.3 is 4.74 Å². The summed E-state index contributed by atoms with van der Waals surface area (Å²) in [7, 11) is 1.83. The van der Waals surface area contributed by atoms with Crippen molar-refractivity contribution >= 4 is 0 Å².